The molecule has 0 unspecified atom stereocenters. The Hall–Kier alpha value is -3.74. The van der Waals surface area contributed by atoms with Crippen molar-refractivity contribution in [1.29, 1.82) is 0 Å². The lowest BCUT2D eigenvalue weighted by Crippen LogP contribution is -2.49. The number of carbonyl (C=O) groups is 2. The van der Waals surface area contributed by atoms with Gasteiger partial charge in [-0.05, 0) is 12.1 Å². The zero-order valence-corrected chi connectivity index (χ0v) is 15.7. The molecule has 1 aliphatic rings. The number of carboxylic acid groups (broad SMARTS) is 1. The summed E-state index contributed by atoms with van der Waals surface area (Å²) in [7, 11) is 0. The van der Waals surface area contributed by atoms with Crippen LogP contribution in [0.1, 0.15) is 0 Å². The highest BCUT2D eigenvalue weighted by molar-refractivity contribution is 5.94. The summed E-state index contributed by atoms with van der Waals surface area (Å²) in [5.74, 6) is -1.09. The first-order chi connectivity index (χ1) is 14.1. The number of hydrogen-bond donors (Lipinski definition) is 0. The number of benzene rings is 2. The Balaban J connectivity index is 1.59. The third-order valence-electron chi connectivity index (χ3n) is 4.87. The van der Waals surface area contributed by atoms with Gasteiger partial charge in [-0.25, -0.2) is 9.97 Å². The number of fused-ring (bicyclic) bond motifs is 1. The zero-order valence-electron chi connectivity index (χ0n) is 15.7. The Labute approximate surface area is 167 Å². The van der Waals surface area contributed by atoms with Gasteiger partial charge in [0, 0.05) is 43.2 Å². The second-order valence-corrected chi connectivity index (χ2v) is 6.72. The van der Waals surface area contributed by atoms with Crippen LogP contribution in [0, 0.1) is 0 Å². The first kappa shape index (κ1) is 18.6. The highest BCUT2D eigenvalue weighted by Crippen LogP contribution is 2.28. The summed E-state index contributed by atoms with van der Waals surface area (Å²) in [5, 5.41) is 11.5. The lowest BCUT2D eigenvalue weighted by molar-refractivity contribution is -0.297. The minimum Gasteiger partial charge on any atom is -0.545 e. The second kappa shape index (κ2) is 8.10. The van der Waals surface area contributed by atoms with E-state index in [-0.39, 0.29) is 5.91 Å². The molecule has 2 heterocycles. The molecule has 1 fully saturated rings. The predicted octanol–water partition coefficient (Wildman–Crippen LogP) is 1.25. The first-order valence-electron chi connectivity index (χ1n) is 9.37. The van der Waals surface area contributed by atoms with Gasteiger partial charge in [-0.15, -0.1) is 0 Å². The maximum absolute atomic E-state index is 12.1. The molecule has 0 radical (unpaired) electrons. The molecule has 2 aromatic carbocycles. The molecule has 0 bridgehead atoms. The number of aromatic nitrogens is 2. The fraction of sp³-hybridized carbons (Fsp3) is 0.182. The van der Waals surface area contributed by atoms with Gasteiger partial charge in [0.1, 0.15) is 0 Å². The standard InChI is InChI=1S/C22H20N4O3/c27-19(10-11-20(28)29)25-12-14-26(15-13-25)22-23-18-9-5-4-8-17(18)21(24-22)16-6-2-1-3-7-16/h1-11H,12-15H2,(H,28,29)/p-1/b11-10+. The van der Waals surface area contributed by atoms with E-state index in [1.165, 1.54) is 0 Å². The van der Waals surface area contributed by atoms with Crippen molar-refractivity contribution < 1.29 is 14.7 Å². The Morgan fingerprint density at radius 3 is 2.28 bits per heavy atom. The number of rotatable bonds is 4. The van der Waals surface area contributed by atoms with Crippen LogP contribution >= 0.6 is 0 Å². The minimum absolute atomic E-state index is 0.335. The number of aliphatic carboxylic acids is 1. The molecule has 1 amide bonds. The van der Waals surface area contributed by atoms with E-state index in [9.17, 15) is 14.7 Å². The third kappa shape index (κ3) is 4.08. The molecule has 4 rings (SSSR count). The first-order valence-corrected chi connectivity index (χ1v) is 9.37. The number of nitrogens with zero attached hydrogens (tertiary/aromatic N) is 4. The van der Waals surface area contributed by atoms with E-state index in [1.54, 1.807) is 4.90 Å². The van der Waals surface area contributed by atoms with Gasteiger partial charge in [0.25, 0.3) is 0 Å². The number of anilines is 1. The molecule has 1 saturated heterocycles. The molecule has 29 heavy (non-hydrogen) atoms. The van der Waals surface area contributed by atoms with Gasteiger partial charge >= 0.3 is 0 Å². The fourth-order valence-corrected chi connectivity index (χ4v) is 3.39. The number of carbonyl (C=O) groups excluding carboxylic acids is 2. The van der Waals surface area contributed by atoms with E-state index in [2.05, 4.69) is 0 Å². The van der Waals surface area contributed by atoms with Gasteiger partial charge < -0.3 is 19.7 Å². The van der Waals surface area contributed by atoms with E-state index in [0.29, 0.717) is 32.1 Å². The molecule has 7 heteroatoms. The van der Waals surface area contributed by atoms with Crippen LogP contribution in [0.15, 0.2) is 66.7 Å². The summed E-state index contributed by atoms with van der Waals surface area (Å²) >= 11 is 0. The number of hydrogen-bond acceptors (Lipinski definition) is 6. The van der Waals surface area contributed by atoms with Gasteiger partial charge in [0.2, 0.25) is 11.9 Å². The van der Waals surface area contributed by atoms with Crippen molar-refractivity contribution in [2.45, 2.75) is 0 Å². The van der Waals surface area contributed by atoms with Crippen LogP contribution in [0.5, 0.6) is 0 Å². The maximum atomic E-state index is 12.1. The molecule has 1 aliphatic heterocycles. The summed E-state index contributed by atoms with van der Waals surface area (Å²) in [6.07, 6.45) is 1.79. The molecule has 7 nitrogen and oxygen atoms in total. The number of amides is 1. The Bertz CT molecular complexity index is 1070. The molecule has 146 valence electrons. The normalized spacial score (nSPS) is 14.5. The van der Waals surface area contributed by atoms with Gasteiger partial charge in [-0.3, -0.25) is 4.79 Å². The molecule has 0 atom stereocenters. The average molecular weight is 387 g/mol. The van der Waals surface area contributed by atoms with Crippen LogP contribution in [0.3, 0.4) is 0 Å². The van der Waals surface area contributed by atoms with Crippen molar-refractivity contribution in [2.75, 3.05) is 31.1 Å². The smallest absolute Gasteiger partial charge is 0.246 e. The zero-order chi connectivity index (χ0) is 20.2. The van der Waals surface area contributed by atoms with Crippen molar-refractivity contribution in [1.82, 2.24) is 14.9 Å². The molecule has 3 aromatic rings. The highest BCUT2D eigenvalue weighted by Gasteiger charge is 2.22. The number of carboxylic acids is 1. The summed E-state index contributed by atoms with van der Waals surface area (Å²) in [6.45, 7) is 2.06. The summed E-state index contributed by atoms with van der Waals surface area (Å²) in [4.78, 5) is 35.8. The highest BCUT2D eigenvalue weighted by atomic mass is 16.4. The maximum Gasteiger partial charge on any atom is 0.246 e. The van der Waals surface area contributed by atoms with Crippen LogP contribution in [0.4, 0.5) is 5.95 Å². The molecule has 1 aromatic heterocycles. The quantitative estimate of drug-likeness (QED) is 0.626. The van der Waals surface area contributed by atoms with Gasteiger partial charge in [0.05, 0.1) is 17.2 Å². The predicted molar refractivity (Wildman–Crippen MR) is 108 cm³/mol. The van der Waals surface area contributed by atoms with Crippen molar-refractivity contribution >= 4 is 28.7 Å². The van der Waals surface area contributed by atoms with Crippen LogP contribution in [-0.4, -0.2) is 52.9 Å². The van der Waals surface area contributed by atoms with Crippen molar-refractivity contribution in [3.05, 3.63) is 66.7 Å². The molecular weight excluding hydrogens is 368 g/mol. The van der Waals surface area contributed by atoms with Crippen LogP contribution in [0.25, 0.3) is 22.2 Å². The largest absolute Gasteiger partial charge is 0.545 e. The summed E-state index contributed by atoms with van der Waals surface area (Å²) in [5.41, 5.74) is 2.77. The lowest BCUT2D eigenvalue weighted by atomic mass is 10.1. The van der Waals surface area contributed by atoms with Crippen LogP contribution < -0.4 is 10.0 Å². The van der Waals surface area contributed by atoms with E-state index >= 15 is 0 Å². The fourth-order valence-electron chi connectivity index (χ4n) is 3.39. The van der Waals surface area contributed by atoms with E-state index in [0.717, 1.165) is 34.3 Å². The Morgan fingerprint density at radius 1 is 0.862 bits per heavy atom. The molecule has 0 saturated carbocycles. The van der Waals surface area contributed by atoms with Gasteiger partial charge in [-0.1, -0.05) is 48.5 Å². The van der Waals surface area contributed by atoms with Gasteiger partial charge in [0.15, 0.2) is 0 Å². The van der Waals surface area contributed by atoms with E-state index in [1.807, 2.05) is 59.5 Å². The monoisotopic (exact) mass is 387 g/mol. The Morgan fingerprint density at radius 2 is 1.55 bits per heavy atom. The minimum atomic E-state index is -1.38. The number of piperazine rings is 1. The summed E-state index contributed by atoms with van der Waals surface area (Å²) < 4.78 is 0. The van der Waals surface area contributed by atoms with Crippen molar-refractivity contribution in [2.24, 2.45) is 0 Å². The SMILES string of the molecule is O=C([O-])/C=C/C(=O)N1CCN(c2nc(-c3ccccc3)c3ccccc3n2)CC1. The molecule has 0 N–H and O–H groups in total. The van der Waals surface area contributed by atoms with Crippen LogP contribution in [0.2, 0.25) is 0 Å². The Kier molecular flexibility index (Phi) is 5.20. The van der Waals surface area contributed by atoms with Gasteiger partial charge in [-0.2, -0.15) is 0 Å². The molecular formula is C22H19N4O3-. The average Bonchev–Trinajstić information content (AvgIpc) is 2.77. The lowest BCUT2D eigenvalue weighted by Gasteiger charge is -2.34. The topological polar surface area (TPSA) is 89.5 Å². The number of para-hydroxylation sites is 1. The van der Waals surface area contributed by atoms with Crippen LogP contribution in [-0.2, 0) is 9.59 Å². The third-order valence-corrected chi connectivity index (χ3v) is 4.87. The van der Waals surface area contributed by atoms with E-state index in [4.69, 9.17) is 9.97 Å². The second-order valence-electron chi connectivity index (χ2n) is 6.72. The molecule has 0 aliphatic carbocycles. The van der Waals surface area contributed by atoms with Crippen molar-refractivity contribution in [3.8, 4) is 11.3 Å². The molecule has 0 spiro atoms. The van der Waals surface area contributed by atoms with Crippen molar-refractivity contribution in [3.63, 3.8) is 0 Å². The van der Waals surface area contributed by atoms with E-state index < -0.39 is 5.97 Å². The summed E-state index contributed by atoms with van der Waals surface area (Å²) in [6, 6.07) is 17.9.